The Morgan fingerprint density at radius 2 is 1.72 bits per heavy atom. The lowest BCUT2D eigenvalue weighted by molar-refractivity contribution is 0.0676. The molecule has 39 heavy (non-hydrogen) atoms. The molecule has 3 aromatic carbocycles. The van der Waals surface area contributed by atoms with Crippen molar-refractivity contribution >= 4 is 5.57 Å². The zero-order valence-electron chi connectivity index (χ0n) is 22.8. The van der Waals surface area contributed by atoms with Crippen molar-refractivity contribution in [2.75, 3.05) is 13.2 Å². The number of rotatable bonds is 9. The Labute approximate surface area is 228 Å². The molecule has 0 amide bonds. The lowest BCUT2D eigenvalue weighted by Gasteiger charge is -2.44. The summed E-state index contributed by atoms with van der Waals surface area (Å²) in [5.74, 6) is -1.27. The molecule has 5 rings (SSSR count). The van der Waals surface area contributed by atoms with Gasteiger partial charge in [-0.3, -0.25) is 4.90 Å². The fourth-order valence-corrected chi connectivity index (χ4v) is 6.08. The molecule has 0 saturated carbocycles. The van der Waals surface area contributed by atoms with Gasteiger partial charge in [-0.1, -0.05) is 48.5 Å². The Morgan fingerprint density at radius 3 is 2.44 bits per heavy atom. The van der Waals surface area contributed by atoms with Gasteiger partial charge in [0.1, 0.15) is 29.7 Å². The van der Waals surface area contributed by atoms with Crippen molar-refractivity contribution in [3.8, 4) is 5.75 Å². The Hall–Kier alpha value is -3.09. The van der Waals surface area contributed by atoms with E-state index in [9.17, 15) is 4.39 Å². The number of nitrogens with zero attached hydrogens (tertiary/aromatic N) is 1. The molecule has 2 atom stereocenters. The summed E-state index contributed by atoms with van der Waals surface area (Å²) in [6, 6.07) is 17.5. The molecule has 2 aliphatic rings. The standard InChI is InChI=1S/C33H36F3NO2/c1-21-14-27-26-12-5-4-11-24(26)16-28(27)32(37(21)20-33(2,3)36)31-29(34)17-25(18-30(31)35)39-19-23-9-6-8-22(15-23)10-7-13-38/h4-6,8-9,11-12,15,17-18,21,32,38H,7,10,13-14,16,19-20H2,1-3H3/t21-,32+/m1/s1. The molecule has 0 bridgehead atoms. The molecule has 0 aromatic heterocycles. The van der Waals surface area contributed by atoms with Gasteiger partial charge in [-0.25, -0.2) is 13.2 Å². The summed E-state index contributed by atoms with van der Waals surface area (Å²) in [6.07, 6.45) is 2.72. The largest absolute Gasteiger partial charge is 0.489 e. The Kier molecular flexibility index (Phi) is 7.88. The summed E-state index contributed by atoms with van der Waals surface area (Å²) < 4.78 is 52.5. The van der Waals surface area contributed by atoms with E-state index in [-0.39, 0.29) is 37.1 Å². The summed E-state index contributed by atoms with van der Waals surface area (Å²) >= 11 is 0. The number of alkyl halides is 1. The van der Waals surface area contributed by atoms with E-state index >= 15 is 8.78 Å². The third-order valence-electron chi connectivity index (χ3n) is 7.74. The number of aliphatic hydroxyl groups excluding tert-OH is 1. The van der Waals surface area contributed by atoms with E-state index in [4.69, 9.17) is 9.84 Å². The van der Waals surface area contributed by atoms with Crippen molar-refractivity contribution in [3.63, 3.8) is 0 Å². The van der Waals surface area contributed by atoms with Gasteiger partial charge in [0.2, 0.25) is 0 Å². The second-order valence-corrected chi connectivity index (χ2v) is 11.4. The molecule has 1 aliphatic carbocycles. The van der Waals surface area contributed by atoms with Crippen molar-refractivity contribution in [1.29, 1.82) is 0 Å². The molecule has 0 saturated heterocycles. The first-order valence-corrected chi connectivity index (χ1v) is 13.7. The highest BCUT2D eigenvalue weighted by Gasteiger charge is 2.42. The van der Waals surface area contributed by atoms with Crippen LogP contribution in [0.3, 0.4) is 0 Å². The van der Waals surface area contributed by atoms with Crippen LogP contribution >= 0.6 is 0 Å². The Balaban J connectivity index is 1.46. The third-order valence-corrected chi connectivity index (χ3v) is 7.74. The Bertz CT molecular complexity index is 1350. The quantitative estimate of drug-likeness (QED) is 0.311. The minimum absolute atomic E-state index is 0.0514. The van der Waals surface area contributed by atoms with Gasteiger partial charge in [-0.05, 0) is 79.9 Å². The van der Waals surface area contributed by atoms with Crippen molar-refractivity contribution < 1.29 is 23.0 Å². The fourth-order valence-electron chi connectivity index (χ4n) is 6.08. The van der Waals surface area contributed by atoms with E-state index in [1.54, 1.807) is 0 Å². The maximum atomic E-state index is 15.9. The van der Waals surface area contributed by atoms with E-state index in [1.807, 2.05) is 48.2 Å². The molecule has 0 radical (unpaired) electrons. The lowest BCUT2D eigenvalue weighted by atomic mass is 9.84. The van der Waals surface area contributed by atoms with Gasteiger partial charge in [0.25, 0.3) is 0 Å². The van der Waals surface area contributed by atoms with Gasteiger partial charge in [-0.15, -0.1) is 0 Å². The smallest absolute Gasteiger partial charge is 0.134 e. The van der Waals surface area contributed by atoms with Crippen LogP contribution in [-0.4, -0.2) is 34.9 Å². The number of ether oxygens (including phenoxy) is 1. The van der Waals surface area contributed by atoms with Gasteiger partial charge in [0, 0.05) is 36.9 Å². The van der Waals surface area contributed by atoms with Gasteiger partial charge in [0.15, 0.2) is 0 Å². The average molecular weight is 536 g/mol. The number of aliphatic hydroxyl groups is 1. The van der Waals surface area contributed by atoms with Crippen molar-refractivity contribution in [1.82, 2.24) is 4.90 Å². The van der Waals surface area contributed by atoms with Crippen molar-refractivity contribution in [2.24, 2.45) is 0 Å². The van der Waals surface area contributed by atoms with E-state index in [0.717, 1.165) is 39.8 Å². The highest BCUT2D eigenvalue weighted by Crippen LogP contribution is 2.50. The SMILES string of the molecule is C[C@@H]1CC2=C(Cc3ccccc32)[C@@H](c2c(F)cc(OCc3cccc(CCCO)c3)cc2F)N1CC(C)(C)F. The molecular formula is C33H36F3NO2. The first-order chi connectivity index (χ1) is 18.6. The minimum Gasteiger partial charge on any atom is -0.489 e. The van der Waals surface area contributed by atoms with Gasteiger partial charge in [-0.2, -0.15) is 0 Å². The summed E-state index contributed by atoms with van der Waals surface area (Å²) in [6.45, 7) is 5.37. The minimum atomic E-state index is -1.53. The number of halogens is 3. The lowest BCUT2D eigenvalue weighted by Crippen LogP contribution is -2.47. The maximum Gasteiger partial charge on any atom is 0.134 e. The summed E-state index contributed by atoms with van der Waals surface area (Å²) in [5.41, 5.74) is 4.71. The second kappa shape index (κ2) is 11.2. The zero-order chi connectivity index (χ0) is 27.7. The molecule has 3 nitrogen and oxygen atoms in total. The zero-order valence-corrected chi connectivity index (χ0v) is 22.8. The number of fused-ring (bicyclic) bond motifs is 2. The fraction of sp³-hybridized carbons (Fsp3) is 0.394. The van der Waals surface area contributed by atoms with E-state index in [2.05, 4.69) is 12.1 Å². The third kappa shape index (κ3) is 5.92. The molecule has 1 aliphatic heterocycles. The van der Waals surface area contributed by atoms with E-state index in [0.29, 0.717) is 19.3 Å². The van der Waals surface area contributed by atoms with Crippen LogP contribution in [0.2, 0.25) is 0 Å². The molecule has 0 fully saturated rings. The molecular weight excluding hydrogens is 499 g/mol. The monoisotopic (exact) mass is 535 g/mol. The van der Waals surface area contributed by atoms with E-state index in [1.165, 1.54) is 26.0 Å². The van der Waals surface area contributed by atoms with Crippen LogP contribution in [0.25, 0.3) is 5.57 Å². The van der Waals surface area contributed by atoms with Crippen LogP contribution in [0, 0.1) is 11.6 Å². The number of hydrogen-bond acceptors (Lipinski definition) is 3. The van der Waals surface area contributed by atoms with Crippen molar-refractivity contribution in [2.45, 2.75) is 70.8 Å². The van der Waals surface area contributed by atoms with Gasteiger partial charge in [0.05, 0.1) is 6.04 Å². The van der Waals surface area contributed by atoms with Crippen LogP contribution in [0.5, 0.6) is 5.75 Å². The highest BCUT2D eigenvalue weighted by molar-refractivity contribution is 5.79. The first kappa shape index (κ1) is 27.5. The van der Waals surface area contributed by atoms with Crippen LogP contribution in [0.15, 0.2) is 66.2 Å². The van der Waals surface area contributed by atoms with Crippen LogP contribution in [-0.2, 0) is 19.4 Å². The van der Waals surface area contributed by atoms with Crippen LogP contribution in [0.1, 0.15) is 67.5 Å². The van der Waals surface area contributed by atoms with Crippen molar-refractivity contribution in [3.05, 3.63) is 106 Å². The number of benzene rings is 3. The summed E-state index contributed by atoms with van der Waals surface area (Å²) in [4.78, 5) is 1.92. The van der Waals surface area contributed by atoms with Gasteiger partial charge < -0.3 is 9.84 Å². The number of aryl methyl sites for hydroxylation is 1. The van der Waals surface area contributed by atoms with Crippen LogP contribution < -0.4 is 4.74 Å². The maximum absolute atomic E-state index is 15.9. The molecule has 3 aromatic rings. The second-order valence-electron chi connectivity index (χ2n) is 11.4. The summed E-state index contributed by atoms with van der Waals surface area (Å²) in [5, 5.41) is 9.08. The van der Waals surface area contributed by atoms with Gasteiger partial charge >= 0.3 is 0 Å². The molecule has 0 unspecified atom stereocenters. The highest BCUT2D eigenvalue weighted by atomic mass is 19.1. The van der Waals surface area contributed by atoms with E-state index < -0.39 is 23.3 Å². The average Bonchev–Trinajstić information content (AvgIpc) is 3.25. The molecule has 6 heteroatoms. The number of hydrogen-bond donors (Lipinski definition) is 1. The normalized spacial score (nSPS) is 19.3. The Morgan fingerprint density at radius 1 is 1.00 bits per heavy atom. The predicted octanol–water partition coefficient (Wildman–Crippen LogP) is 7.36. The van der Waals surface area contributed by atoms with Crippen LogP contribution in [0.4, 0.5) is 13.2 Å². The first-order valence-electron chi connectivity index (χ1n) is 13.7. The molecule has 206 valence electrons. The molecule has 0 spiro atoms. The predicted molar refractivity (Wildman–Crippen MR) is 148 cm³/mol. The molecule has 1 N–H and O–H groups in total. The topological polar surface area (TPSA) is 32.7 Å². The molecule has 1 heterocycles. The summed E-state index contributed by atoms with van der Waals surface area (Å²) in [7, 11) is 0.